The first kappa shape index (κ1) is 18.3. The van der Waals surface area contributed by atoms with Crippen LogP contribution in [-0.2, 0) is 14.3 Å². The van der Waals surface area contributed by atoms with Gasteiger partial charge in [0.2, 0.25) is 0 Å². The molecule has 6 nitrogen and oxygen atoms in total. The molecule has 1 amide bonds. The van der Waals surface area contributed by atoms with Gasteiger partial charge in [0, 0.05) is 19.7 Å². The van der Waals surface area contributed by atoms with Crippen molar-refractivity contribution < 1.29 is 24.2 Å². The summed E-state index contributed by atoms with van der Waals surface area (Å²) in [7, 11) is 1.58. The Bertz CT molecular complexity index is 589. The molecule has 0 saturated carbocycles. The molecule has 132 valence electrons. The number of rotatable bonds is 7. The molecule has 6 heteroatoms. The molecule has 1 aromatic carbocycles. The van der Waals surface area contributed by atoms with Crippen molar-refractivity contribution in [2.75, 3.05) is 13.7 Å². The molecule has 1 aromatic rings. The van der Waals surface area contributed by atoms with E-state index < -0.39 is 12.1 Å². The molecule has 1 heterocycles. The Balaban J connectivity index is 2.13. The highest BCUT2D eigenvalue weighted by Gasteiger charge is 2.39. The number of carbonyl (C=O) groups is 2. The van der Waals surface area contributed by atoms with Crippen LogP contribution in [0, 0.1) is 6.92 Å². The standard InChI is InChI=1S/C18H25NO5/c1-4-15(24-16-8-6-5-7-12(16)2)18(22)19-11-14(23-3)9-13(19)10-17(20)21/h5-8,13-15H,4,9-11H2,1-3H3,(H,20,21). The Hall–Kier alpha value is -2.08. The predicted octanol–water partition coefficient (Wildman–Crippen LogP) is 2.24. The molecule has 2 rings (SSSR count). The number of carboxylic acids is 1. The van der Waals surface area contributed by atoms with Crippen molar-refractivity contribution >= 4 is 11.9 Å². The van der Waals surface area contributed by atoms with E-state index in [2.05, 4.69) is 0 Å². The van der Waals surface area contributed by atoms with Gasteiger partial charge in [-0.25, -0.2) is 0 Å². The summed E-state index contributed by atoms with van der Waals surface area (Å²) >= 11 is 0. The fraction of sp³-hybridized carbons (Fsp3) is 0.556. The van der Waals surface area contributed by atoms with E-state index in [-0.39, 0.29) is 24.5 Å². The zero-order valence-electron chi connectivity index (χ0n) is 14.4. The average molecular weight is 335 g/mol. The van der Waals surface area contributed by atoms with Crippen LogP contribution in [0.4, 0.5) is 0 Å². The SMILES string of the molecule is CCC(Oc1ccccc1C)C(=O)N1CC(OC)CC1CC(=O)O. The first-order valence-electron chi connectivity index (χ1n) is 8.23. The first-order chi connectivity index (χ1) is 11.5. The van der Waals surface area contributed by atoms with E-state index in [1.165, 1.54) is 0 Å². The third-order valence-electron chi connectivity index (χ3n) is 4.41. The lowest BCUT2D eigenvalue weighted by atomic mass is 10.1. The third-order valence-corrected chi connectivity index (χ3v) is 4.41. The molecule has 0 spiro atoms. The number of benzene rings is 1. The van der Waals surface area contributed by atoms with Crippen LogP contribution in [0.1, 0.15) is 31.7 Å². The van der Waals surface area contributed by atoms with Crippen molar-refractivity contribution in [3.8, 4) is 5.75 Å². The number of methoxy groups -OCH3 is 1. The molecule has 24 heavy (non-hydrogen) atoms. The second kappa shape index (κ2) is 8.15. The maximum atomic E-state index is 12.9. The molecule has 0 radical (unpaired) electrons. The van der Waals surface area contributed by atoms with Crippen LogP contribution in [0.25, 0.3) is 0 Å². The highest BCUT2D eigenvalue weighted by Crippen LogP contribution is 2.26. The van der Waals surface area contributed by atoms with E-state index in [0.717, 1.165) is 5.56 Å². The zero-order chi connectivity index (χ0) is 17.7. The molecule has 0 bridgehead atoms. The van der Waals surface area contributed by atoms with Gasteiger partial charge in [0.15, 0.2) is 6.10 Å². The molecule has 1 saturated heterocycles. The molecular formula is C18H25NO5. The van der Waals surface area contributed by atoms with Crippen molar-refractivity contribution in [1.82, 2.24) is 4.90 Å². The fourth-order valence-electron chi connectivity index (χ4n) is 3.04. The van der Waals surface area contributed by atoms with Crippen LogP contribution in [0.15, 0.2) is 24.3 Å². The number of aryl methyl sites for hydroxylation is 1. The van der Waals surface area contributed by atoms with Crippen molar-refractivity contribution in [2.24, 2.45) is 0 Å². The van der Waals surface area contributed by atoms with Crippen LogP contribution < -0.4 is 4.74 Å². The fourth-order valence-corrected chi connectivity index (χ4v) is 3.04. The summed E-state index contributed by atoms with van der Waals surface area (Å²) < 4.78 is 11.2. The lowest BCUT2D eigenvalue weighted by molar-refractivity contribution is -0.143. The Morgan fingerprint density at radius 1 is 1.38 bits per heavy atom. The van der Waals surface area contributed by atoms with E-state index in [1.54, 1.807) is 12.0 Å². The number of nitrogens with zero attached hydrogens (tertiary/aromatic N) is 1. The van der Waals surface area contributed by atoms with Crippen molar-refractivity contribution in [2.45, 2.75) is 51.4 Å². The normalized spacial score (nSPS) is 21.5. The lowest BCUT2D eigenvalue weighted by Crippen LogP contribution is -2.45. The quantitative estimate of drug-likeness (QED) is 0.827. The highest BCUT2D eigenvalue weighted by atomic mass is 16.5. The van der Waals surface area contributed by atoms with Gasteiger partial charge in [0.25, 0.3) is 5.91 Å². The molecule has 3 unspecified atom stereocenters. The summed E-state index contributed by atoms with van der Waals surface area (Å²) in [5, 5.41) is 9.09. The monoisotopic (exact) mass is 335 g/mol. The zero-order valence-corrected chi connectivity index (χ0v) is 14.4. The van der Waals surface area contributed by atoms with Crippen LogP contribution in [-0.4, -0.2) is 53.8 Å². The lowest BCUT2D eigenvalue weighted by Gasteiger charge is -2.28. The van der Waals surface area contributed by atoms with E-state index in [9.17, 15) is 9.59 Å². The highest BCUT2D eigenvalue weighted by molar-refractivity contribution is 5.82. The Kier molecular flexibility index (Phi) is 6.20. The van der Waals surface area contributed by atoms with E-state index in [0.29, 0.717) is 25.1 Å². The summed E-state index contributed by atoms with van der Waals surface area (Å²) in [5.74, 6) is -0.413. The van der Waals surface area contributed by atoms with Gasteiger partial charge in [-0.3, -0.25) is 9.59 Å². The van der Waals surface area contributed by atoms with Gasteiger partial charge in [-0.1, -0.05) is 25.1 Å². The predicted molar refractivity (Wildman–Crippen MR) is 89.1 cm³/mol. The van der Waals surface area contributed by atoms with Crippen molar-refractivity contribution in [3.05, 3.63) is 29.8 Å². The van der Waals surface area contributed by atoms with Gasteiger partial charge in [0.1, 0.15) is 5.75 Å². The minimum Gasteiger partial charge on any atom is -0.481 e. The van der Waals surface area contributed by atoms with Crippen molar-refractivity contribution in [3.63, 3.8) is 0 Å². The molecule has 1 fully saturated rings. The summed E-state index contributed by atoms with van der Waals surface area (Å²) in [6.45, 7) is 4.22. The average Bonchev–Trinajstić information content (AvgIpc) is 2.95. The number of hydrogen-bond donors (Lipinski definition) is 1. The molecule has 0 aliphatic carbocycles. The third kappa shape index (κ3) is 4.26. The Labute approximate surface area is 142 Å². The summed E-state index contributed by atoms with van der Waals surface area (Å²) in [6.07, 6.45) is 0.218. The maximum absolute atomic E-state index is 12.9. The molecule has 1 aliphatic heterocycles. The first-order valence-corrected chi connectivity index (χ1v) is 8.23. The van der Waals surface area contributed by atoms with E-state index >= 15 is 0 Å². The number of hydrogen-bond acceptors (Lipinski definition) is 4. The summed E-state index contributed by atoms with van der Waals surface area (Å²) in [5.41, 5.74) is 0.960. The Morgan fingerprint density at radius 3 is 2.67 bits per heavy atom. The minimum atomic E-state index is -0.914. The molecule has 1 aliphatic rings. The maximum Gasteiger partial charge on any atom is 0.305 e. The van der Waals surface area contributed by atoms with E-state index in [1.807, 2.05) is 38.1 Å². The van der Waals surface area contributed by atoms with Gasteiger partial charge in [-0.05, 0) is 31.4 Å². The number of carbonyl (C=O) groups excluding carboxylic acids is 1. The second-order valence-electron chi connectivity index (χ2n) is 6.12. The van der Waals surface area contributed by atoms with Crippen LogP contribution in [0.3, 0.4) is 0 Å². The molecule has 3 atom stereocenters. The topological polar surface area (TPSA) is 76.1 Å². The van der Waals surface area contributed by atoms with Crippen LogP contribution in [0.2, 0.25) is 0 Å². The van der Waals surface area contributed by atoms with Gasteiger partial charge < -0.3 is 19.5 Å². The number of para-hydroxylation sites is 1. The van der Waals surface area contributed by atoms with Gasteiger partial charge in [0.05, 0.1) is 12.5 Å². The molecule has 0 aromatic heterocycles. The summed E-state index contributed by atoms with van der Waals surface area (Å²) in [6, 6.07) is 7.19. The largest absolute Gasteiger partial charge is 0.481 e. The minimum absolute atomic E-state index is 0.0770. The number of carboxylic acid groups (broad SMARTS) is 1. The van der Waals surface area contributed by atoms with Crippen LogP contribution >= 0.6 is 0 Å². The van der Waals surface area contributed by atoms with Crippen molar-refractivity contribution in [1.29, 1.82) is 0 Å². The number of aliphatic carboxylic acids is 1. The van der Waals surface area contributed by atoms with Gasteiger partial charge in [-0.15, -0.1) is 0 Å². The van der Waals surface area contributed by atoms with Gasteiger partial charge in [-0.2, -0.15) is 0 Å². The summed E-state index contributed by atoms with van der Waals surface area (Å²) in [4.78, 5) is 25.6. The van der Waals surface area contributed by atoms with E-state index in [4.69, 9.17) is 14.6 Å². The second-order valence-corrected chi connectivity index (χ2v) is 6.12. The Morgan fingerprint density at radius 2 is 2.08 bits per heavy atom. The number of amides is 1. The van der Waals surface area contributed by atoms with Gasteiger partial charge >= 0.3 is 5.97 Å². The molecule has 1 N–H and O–H groups in total. The smallest absolute Gasteiger partial charge is 0.305 e. The van der Waals surface area contributed by atoms with Crippen LogP contribution in [0.5, 0.6) is 5.75 Å². The molecular weight excluding hydrogens is 310 g/mol. The number of likely N-dealkylation sites (tertiary alicyclic amines) is 1. The number of ether oxygens (including phenoxy) is 2.